The molecule has 0 amide bonds. The van der Waals surface area contributed by atoms with Crippen LogP contribution in [0.15, 0.2) is 121 Å². The monoisotopic (exact) mass is 524 g/mol. The second kappa shape index (κ2) is 12.2. The average Bonchev–Trinajstić information content (AvgIpc) is 2.82. The molecule has 2 atom stereocenters. The maximum absolute atomic E-state index is 7.27. The third-order valence-corrected chi connectivity index (χ3v) is 12.2. The van der Waals surface area contributed by atoms with Crippen LogP contribution in [0.4, 0.5) is 0 Å². The van der Waals surface area contributed by atoms with Gasteiger partial charge in [-0.15, -0.1) is 23.2 Å². The molecule has 4 aromatic rings. The Bertz CT molecular complexity index is 868. The first-order chi connectivity index (χ1) is 14.8. The van der Waals surface area contributed by atoms with Crippen molar-refractivity contribution in [3.05, 3.63) is 121 Å². The van der Waals surface area contributed by atoms with Crippen LogP contribution in [0.5, 0.6) is 0 Å². The summed E-state index contributed by atoms with van der Waals surface area (Å²) in [5, 5.41) is 4.58. The van der Waals surface area contributed by atoms with Crippen LogP contribution in [0.1, 0.15) is 0 Å². The van der Waals surface area contributed by atoms with Crippen molar-refractivity contribution in [3.8, 4) is 0 Å². The number of hydrogen-bond donors (Lipinski definition) is 0. The van der Waals surface area contributed by atoms with Gasteiger partial charge in [-0.1, -0.05) is 121 Å². The van der Waals surface area contributed by atoms with Crippen molar-refractivity contribution in [2.45, 2.75) is 10.2 Å². The summed E-state index contributed by atoms with van der Waals surface area (Å²) < 4.78 is 0. The van der Waals surface area contributed by atoms with Gasteiger partial charge in [0.1, 0.15) is 0 Å². The number of alkyl halides is 2. The van der Waals surface area contributed by atoms with E-state index in [1.54, 1.807) is 0 Å². The van der Waals surface area contributed by atoms with Crippen LogP contribution in [-0.4, -0.2) is 10.2 Å². The first-order valence-electron chi connectivity index (χ1n) is 9.82. The van der Waals surface area contributed by atoms with Gasteiger partial charge in [0.25, 0.3) is 0 Å². The van der Waals surface area contributed by atoms with Gasteiger partial charge in [0.2, 0.25) is 0 Å². The zero-order valence-electron chi connectivity index (χ0n) is 16.7. The van der Waals surface area contributed by atoms with Crippen LogP contribution in [0, 0.1) is 0 Å². The largest absolute Gasteiger partial charge is 2.00 e. The van der Waals surface area contributed by atoms with Crippen LogP contribution < -0.4 is 21.2 Å². The number of benzene rings is 4. The Balaban J connectivity index is 0.00000272. The molecule has 0 aliphatic heterocycles. The molecule has 4 rings (SSSR count). The summed E-state index contributed by atoms with van der Waals surface area (Å²) in [7, 11) is -1.63. The molecule has 0 saturated heterocycles. The minimum atomic E-state index is -0.815. The van der Waals surface area contributed by atoms with Crippen LogP contribution in [-0.2, 0) is 16.5 Å². The fraction of sp³-hybridized carbons (Fsp3) is 0.0769. The Kier molecular flexibility index (Phi) is 9.59. The van der Waals surface area contributed by atoms with Crippen LogP contribution >= 0.6 is 39.0 Å². The van der Waals surface area contributed by atoms with Gasteiger partial charge in [0, 0.05) is 0 Å². The zero-order chi connectivity index (χ0) is 20.8. The number of halogens is 2. The topological polar surface area (TPSA) is 0 Å². The predicted octanol–water partition coefficient (Wildman–Crippen LogP) is 6.38. The van der Waals surface area contributed by atoms with Crippen molar-refractivity contribution in [3.63, 3.8) is 0 Å². The first kappa shape index (κ1) is 24.5. The quantitative estimate of drug-likeness (QED) is 0.149. The molecule has 31 heavy (non-hydrogen) atoms. The Morgan fingerprint density at radius 2 is 0.581 bits per heavy atom. The van der Waals surface area contributed by atoms with Gasteiger partial charge in [0.05, 0.1) is 10.2 Å². The summed E-state index contributed by atoms with van der Waals surface area (Å²) in [5.74, 6) is 0. The number of hydrogen-bond acceptors (Lipinski definition) is 0. The molecule has 0 aliphatic rings. The minimum Gasteiger partial charge on any atom is -0.115 e. The van der Waals surface area contributed by atoms with E-state index in [0.717, 1.165) is 0 Å². The SMILES string of the molecule is ClC(C(Cl)P(c1ccccc1)c1ccccc1)P(c1ccccc1)c1ccccc1.[Ni+2]. The van der Waals surface area contributed by atoms with Crippen LogP contribution in [0.3, 0.4) is 0 Å². The molecule has 0 nitrogen and oxygen atoms in total. The Hall–Kier alpha value is -1.19. The molecule has 5 heteroatoms. The Labute approximate surface area is 207 Å². The fourth-order valence-electron chi connectivity index (χ4n) is 3.47. The molecule has 4 aromatic carbocycles. The van der Waals surface area contributed by atoms with Crippen molar-refractivity contribution in [2.24, 2.45) is 0 Å². The Morgan fingerprint density at radius 1 is 0.387 bits per heavy atom. The summed E-state index contributed by atoms with van der Waals surface area (Å²) in [4.78, 5) is 0. The summed E-state index contributed by atoms with van der Waals surface area (Å²) in [6.45, 7) is 0. The van der Waals surface area contributed by atoms with E-state index in [9.17, 15) is 0 Å². The molecule has 0 aromatic heterocycles. The molecule has 0 heterocycles. The van der Waals surface area contributed by atoms with E-state index >= 15 is 0 Å². The maximum atomic E-state index is 7.27. The van der Waals surface area contributed by atoms with Crippen molar-refractivity contribution in [1.82, 2.24) is 0 Å². The standard InChI is InChI=1S/C26H22Cl2P2.Ni/c27-25(29(21-13-5-1-6-14-21)22-15-7-2-8-16-22)26(28)30(23-17-9-3-10-18-23)24-19-11-4-12-20-24;/h1-20,25-26H;/q;+2. The van der Waals surface area contributed by atoms with Gasteiger partial charge in [-0.3, -0.25) is 0 Å². The predicted molar refractivity (Wildman–Crippen MR) is 137 cm³/mol. The van der Waals surface area contributed by atoms with E-state index in [4.69, 9.17) is 23.2 Å². The summed E-state index contributed by atoms with van der Waals surface area (Å²) in [6.07, 6.45) is 0. The van der Waals surface area contributed by atoms with E-state index in [1.165, 1.54) is 21.2 Å². The zero-order valence-corrected chi connectivity index (χ0v) is 21.0. The Morgan fingerprint density at radius 3 is 0.774 bits per heavy atom. The van der Waals surface area contributed by atoms with Gasteiger partial charge in [-0.2, -0.15) is 0 Å². The molecule has 0 bridgehead atoms. The second-order valence-electron chi connectivity index (χ2n) is 6.83. The molecule has 0 saturated carbocycles. The molecule has 158 valence electrons. The molecular weight excluding hydrogens is 504 g/mol. The second-order valence-corrected chi connectivity index (χ2v) is 13.0. The minimum absolute atomic E-state index is 0. The van der Waals surface area contributed by atoms with Gasteiger partial charge < -0.3 is 0 Å². The van der Waals surface area contributed by atoms with Gasteiger partial charge >= 0.3 is 16.5 Å². The van der Waals surface area contributed by atoms with Crippen molar-refractivity contribution < 1.29 is 16.5 Å². The van der Waals surface area contributed by atoms with Crippen LogP contribution in [0.2, 0.25) is 0 Å². The van der Waals surface area contributed by atoms with Gasteiger partial charge in [-0.05, 0) is 37.1 Å². The maximum Gasteiger partial charge on any atom is 2.00 e. The van der Waals surface area contributed by atoms with E-state index in [-0.39, 0.29) is 26.7 Å². The van der Waals surface area contributed by atoms with Gasteiger partial charge in [-0.25, -0.2) is 0 Å². The summed E-state index contributed by atoms with van der Waals surface area (Å²) >= 11 is 14.5. The van der Waals surface area contributed by atoms with E-state index in [0.29, 0.717) is 0 Å². The van der Waals surface area contributed by atoms with Crippen molar-refractivity contribution >= 4 is 60.3 Å². The van der Waals surface area contributed by atoms with E-state index in [2.05, 4.69) is 97.1 Å². The molecule has 2 unspecified atom stereocenters. The fourth-order valence-corrected chi connectivity index (χ4v) is 10.5. The van der Waals surface area contributed by atoms with E-state index < -0.39 is 15.8 Å². The molecule has 0 fully saturated rings. The molecule has 0 aliphatic carbocycles. The van der Waals surface area contributed by atoms with Crippen molar-refractivity contribution in [1.29, 1.82) is 0 Å². The van der Waals surface area contributed by atoms with E-state index in [1.807, 2.05) is 24.3 Å². The first-order valence-corrected chi connectivity index (χ1v) is 13.5. The summed E-state index contributed by atoms with van der Waals surface area (Å²) in [5.41, 5.74) is 0. The average molecular weight is 526 g/mol. The molecule has 0 N–H and O–H groups in total. The van der Waals surface area contributed by atoms with Crippen LogP contribution in [0.25, 0.3) is 0 Å². The third kappa shape index (κ3) is 5.99. The van der Waals surface area contributed by atoms with Crippen molar-refractivity contribution in [2.75, 3.05) is 0 Å². The third-order valence-electron chi connectivity index (χ3n) is 4.86. The smallest absolute Gasteiger partial charge is 0.115 e. The normalized spacial score (nSPS) is 12.9. The molecule has 0 spiro atoms. The van der Waals surface area contributed by atoms with Gasteiger partial charge in [0.15, 0.2) is 0 Å². The summed E-state index contributed by atoms with van der Waals surface area (Å²) in [6, 6.07) is 42.2. The molecule has 0 radical (unpaired) electrons. The number of rotatable bonds is 7. The molecular formula is C26H22Cl2NiP2+2.